The number of alkyl halides is 1. The Bertz CT molecular complexity index is 782. The van der Waals surface area contributed by atoms with Crippen LogP contribution in [0.15, 0.2) is 36.5 Å². The van der Waals surface area contributed by atoms with Gasteiger partial charge in [-0.2, -0.15) is 0 Å². The molecule has 0 amide bonds. The Morgan fingerprint density at radius 3 is 2.90 bits per heavy atom. The van der Waals surface area contributed by atoms with Crippen molar-refractivity contribution < 1.29 is 4.39 Å². The number of halogens is 2. The van der Waals surface area contributed by atoms with Crippen molar-refractivity contribution in [3.8, 4) is 0 Å². The number of benzene rings is 1. The van der Waals surface area contributed by atoms with Crippen molar-refractivity contribution >= 4 is 22.6 Å². The van der Waals surface area contributed by atoms with Crippen LogP contribution in [0.2, 0.25) is 0 Å². The standard InChI is InChI=1S/C16H15ClFN3/c1-11-3-2-8-19-14(11)10-21-15-5-4-12(18)9-13(15)20-16(21)6-7-17/h2-5,8-9H,6-7,10H2,1H3. The maximum absolute atomic E-state index is 13.4. The maximum Gasteiger partial charge on any atom is 0.125 e. The second kappa shape index (κ2) is 5.82. The van der Waals surface area contributed by atoms with Crippen molar-refractivity contribution in [3.63, 3.8) is 0 Å². The molecule has 5 heteroatoms. The molecule has 0 aliphatic heterocycles. The fourth-order valence-electron chi connectivity index (χ4n) is 2.44. The zero-order valence-corrected chi connectivity index (χ0v) is 12.4. The fraction of sp³-hybridized carbons (Fsp3) is 0.250. The van der Waals surface area contributed by atoms with E-state index in [1.54, 1.807) is 12.3 Å². The minimum absolute atomic E-state index is 0.279. The molecule has 0 aliphatic carbocycles. The molecule has 0 spiro atoms. The molecule has 0 unspecified atom stereocenters. The van der Waals surface area contributed by atoms with Crippen LogP contribution >= 0.6 is 11.6 Å². The van der Waals surface area contributed by atoms with Gasteiger partial charge in [-0.3, -0.25) is 4.98 Å². The Morgan fingerprint density at radius 2 is 2.14 bits per heavy atom. The third kappa shape index (κ3) is 2.76. The maximum atomic E-state index is 13.4. The van der Waals surface area contributed by atoms with Crippen molar-refractivity contribution in [1.82, 2.24) is 14.5 Å². The van der Waals surface area contributed by atoms with Gasteiger partial charge in [0.05, 0.1) is 23.3 Å². The molecular weight excluding hydrogens is 289 g/mol. The molecule has 3 rings (SSSR count). The monoisotopic (exact) mass is 303 g/mol. The number of hydrogen-bond donors (Lipinski definition) is 0. The molecule has 3 aromatic rings. The first-order chi connectivity index (χ1) is 10.2. The molecule has 2 heterocycles. The van der Waals surface area contributed by atoms with Gasteiger partial charge in [0.1, 0.15) is 11.6 Å². The number of hydrogen-bond acceptors (Lipinski definition) is 2. The van der Waals surface area contributed by atoms with Crippen LogP contribution in [-0.4, -0.2) is 20.4 Å². The average molecular weight is 304 g/mol. The third-order valence-corrected chi connectivity index (χ3v) is 3.72. The van der Waals surface area contributed by atoms with Gasteiger partial charge in [0, 0.05) is 24.6 Å². The lowest BCUT2D eigenvalue weighted by molar-refractivity contribution is 0.629. The Balaban J connectivity index is 2.11. The predicted octanol–water partition coefficient (Wildman–Crippen LogP) is 3.71. The highest BCUT2D eigenvalue weighted by Gasteiger charge is 2.12. The van der Waals surface area contributed by atoms with Crippen molar-refractivity contribution in [2.75, 3.05) is 5.88 Å². The van der Waals surface area contributed by atoms with Crippen LogP contribution in [-0.2, 0) is 13.0 Å². The highest BCUT2D eigenvalue weighted by atomic mass is 35.5. The lowest BCUT2D eigenvalue weighted by atomic mass is 10.2. The predicted molar refractivity (Wildman–Crippen MR) is 82.2 cm³/mol. The van der Waals surface area contributed by atoms with Gasteiger partial charge in [-0.15, -0.1) is 11.6 Å². The quantitative estimate of drug-likeness (QED) is 0.688. The number of aromatic nitrogens is 3. The third-order valence-electron chi connectivity index (χ3n) is 3.53. The molecule has 3 nitrogen and oxygen atoms in total. The van der Waals surface area contributed by atoms with Gasteiger partial charge >= 0.3 is 0 Å². The second-order valence-electron chi connectivity index (χ2n) is 4.95. The summed E-state index contributed by atoms with van der Waals surface area (Å²) in [5, 5.41) is 0. The van der Waals surface area contributed by atoms with E-state index in [2.05, 4.69) is 14.5 Å². The smallest absolute Gasteiger partial charge is 0.125 e. The summed E-state index contributed by atoms with van der Waals surface area (Å²) in [7, 11) is 0. The van der Waals surface area contributed by atoms with E-state index in [4.69, 9.17) is 11.6 Å². The summed E-state index contributed by atoms with van der Waals surface area (Å²) in [6, 6.07) is 8.61. The Morgan fingerprint density at radius 1 is 1.29 bits per heavy atom. The van der Waals surface area contributed by atoms with Crippen LogP contribution in [0.5, 0.6) is 0 Å². The van der Waals surface area contributed by atoms with E-state index in [1.165, 1.54) is 12.1 Å². The molecule has 0 N–H and O–H groups in total. The van der Waals surface area contributed by atoms with Gasteiger partial charge in [0.25, 0.3) is 0 Å². The lowest BCUT2D eigenvalue weighted by Gasteiger charge is -2.10. The second-order valence-corrected chi connectivity index (χ2v) is 5.33. The number of nitrogens with zero attached hydrogens (tertiary/aromatic N) is 3. The Hall–Kier alpha value is -1.94. The number of aryl methyl sites for hydroxylation is 2. The van der Waals surface area contributed by atoms with Crippen molar-refractivity contribution in [2.45, 2.75) is 19.9 Å². The van der Waals surface area contributed by atoms with Gasteiger partial charge in [0.2, 0.25) is 0 Å². The molecule has 0 aliphatic rings. The molecule has 0 saturated carbocycles. The van der Waals surface area contributed by atoms with Crippen LogP contribution in [0.4, 0.5) is 4.39 Å². The van der Waals surface area contributed by atoms with Gasteiger partial charge in [-0.1, -0.05) is 6.07 Å². The van der Waals surface area contributed by atoms with Gasteiger partial charge < -0.3 is 4.57 Å². The molecule has 2 aromatic heterocycles. The number of imidazole rings is 1. The molecule has 0 fully saturated rings. The van der Waals surface area contributed by atoms with Crippen LogP contribution < -0.4 is 0 Å². The Labute approximate surface area is 127 Å². The van der Waals surface area contributed by atoms with E-state index in [0.29, 0.717) is 24.4 Å². The topological polar surface area (TPSA) is 30.7 Å². The zero-order valence-electron chi connectivity index (χ0n) is 11.7. The molecule has 0 radical (unpaired) electrons. The molecule has 108 valence electrons. The SMILES string of the molecule is Cc1cccnc1Cn1c(CCCl)nc2cc(F)ccc21. The summed E-state index contributed by atoms with van der Waals surface area (Å²) >= 11 is 5.86. The van der Waals surface area contributed by atoms with Gasteiger partial charge in [-0.05, 0) is 30.7 Å². The van der Waals surface area contributed by atoms with Gasteiger partial charge in [0.15, 0.2) is 0 Å². The fourth-order valence-corrected chi connectivity index (χ4v) is 2.61. The highest BCUT2D eigenvalue weighted by molar-refractivity contribution is 6.17. The summed E-state index contributed by atoms with van der Waals surface area (Å²) < 4.78 is 15.4. The summed E-state index contributed by atoms with van der Waals surface area (Å²) in [6.45, 7) is 2.64. The largest absolute Gasteiger partial charge is 0.322 e. The number of pyridine rings is 1. The van der Waals surface area contributed by atoms with E-state index < -0.39 is 0 Å². The summed E-state index contributed by atoms with van der Waals surface area (Å²) in [5.41, 5.74) is 3.67. The van der Waals surface area contributed by atoms with E-state index in [0.717, 1.165) is 22.6 Å². The van der Waals surface area contributed by atoms with Crippen LogP contribution in [0.3, 0.4) is 0 Å². The Kier molecular flexibility index (Phi) is 3.88. The molecule has 0 bridgehead atoms. The number of fused-ring (bicyclic) bond motifs is 1. The van der Waals surface area contributed by atoms with Crippen molar-refractivity contribution in [3.05, 3.63) is 59.4 Å². The van der Waals surface area contributed by atoms with Crippen molar-refractivity contribution in [2.24, 2.45) is 0 Å². The normalized spacial score (nSPS) is 11.2. The van der Waals surface area contributed by atoms with E-state index in [-0.39, 0.29) is 5.82 Å². The van der Waals surface area contributed by atoms with Crippen LogP contribution in [0.25, 0.3) is 11.0 Å². The van der Waals surface area contributed by atoms with Crippen molar-refractivity contribution in [1.29, 1.82) is 0 Å². The molecule has 0 atom stereocenters. The van der Waals surface area contributed by atoms with Crippen LogP contribution in [0, 0.1) is 12.7 Å². The first kappa shape index (κ1) is 14.0. The molecular formula is C16H15ClFN3. The molecule has 21 heavy (non-hydrogen) atoms. The first-order valence-electron chi connectivity index (χ1n) is 6.80. The van der Waals surface area contributed by atoms with E-state index >= 15 is 0 Å². The summed E-state index contributed by atoms with van der Waals surface area (Å²) in [4.78, 5) is 8.92. The van der Waals surface area contributed by atoms with Gasteiger partial charge in [-0.25, -0.2) is 9.37 Å². The lowest BCUT2D eigenvalue weighted by Crippen LogP contribution is -2.08. The zero-order chi connectivity index (χ0) is 14.8. The minimum atomic E-state index is -0.279. The summed E-state index contributed by atoms with van der Waals surface area (Å²) in [5.74, 6) is 1.06. The van der Waals surface area contributed by atoms with Crippen LogP contribution in [0.1, 0.15) is 17.1 Å². The summed E-state index contributed by atoms with van der Waals surface area (Å²) in [6.07, 6.45) is 2.42. The number of rotatable bonds is 4. The average Bonchev–Trinajstić information content (AvgIpc) is 2.79. The molecule has 0 saturated heterocycles. The highest BCUT2D eigenvalue weighted by Crippen LogP contribution is 2.20. The van der Waals surface area contributed by atoms with E-state index in [9.17, 15) is 4.39 Å². The first-order valence-corrected chi connectivity index (χ1v) is 7.33. The molecule has 1 aromatic carbocycles. The van der Waals surface area contributed by atoms with E-state index in [1.807, 2.05) is 19.1 Å². The minimum Gasteiger partial charge on any atom is -0.322 e.